The molecule has 0 aliphatic rings. The van der Waals surface area contributed by atoms with Crippen molar-refractivity contribution in [2.75, 3.05) is 0 Å². The van der Waals surface area contributed by atoms with Crippen LogP contribution in [-0.4, -0.2) is 31.1 Å². The van der Waals surface area contributed by atoms with Crippen molar-refractivity contribution in [3.05, 3.63) is 54.4 Å². The summed E-state index contributed by atoms with van der Waals surface area (Å²) in [4.78, 5) is 15.2. The van der Waals surface area contributed by atoms with Gasteiger partial charge in [-0.2, -0.15) is 0 Å². The van der Waals surface area contributed by atoms with Gasteiger partial charge in [-0.05, 0) is 24.3 Å². The molecule has 0 fully saturated rings. The number of furan rings is 1. The number of hydrogen-bond donors (Lipinski definition) is 1. The average Bonchev–Trinajstić information content (AvgIpc) is 3.09. The Hall–Kier alpha value is -2.96. The first-order valence-electron chi connectivity index (χ1n) is 5.85. The van der Waals surface area contributed by atoms with Gasteiger partial charge in [0.25, 0.3) is 0 Å². The van der Waals surface area contributed by atoms with E-state index in [0.29, 0.717) is 23.6 Å². The van der Waals surface area contributed by atoms with Gasteiger partial charge in [-0.15, -0.1) is 5.10 Å². The number of carboxylic acid groups (broad SMARTS) is 1. The van der Waals surface area contributed by atoms with E-state index in [-0.39, 0.29) is 5.69 Å². The number of carboxylic acids is 1. The minimum absolute atomic E-state index is 0.0947. The smallest absolute Gasteiger partial charge is 0.358 e. The van der Waals surface area contributed by atoms with Gasteiger partial charge in [0.15, 0.2) is 5.69 Å². The summed E-state index contributed by atoms with van der Waals surface area (Å²) in [6.07, 6.45) is 4.73. The van der Waals surface area contributed by atoms with Crippen LogP contribution in [0.5, 0.6) is 0 Å². The summed E-state index contributed by atoms with van der Waals surface area (Å²) < 4.78 is 6.75. The normalized spacial score (nSPS) is 10.6. The predicted molar refractivity (Wildman–Crippen MR) is 68.0 cm³/mol. The van der Waals surface area contributed by atoms with E-state index in [4.69, 9.17) is 4.42 Å². The first kappa shape index (κ1) is 12.1. The standard InChI is InChI=1S/C13H10N4O3/c18-13(19)11-12(9-3-5-14-6-4-9)17(16-15-11)8-10-2-1-7-20-10/h1-7H,8H2,(H,18,19). The molecule has 7 heteroatoms. The van der Waals surface area contributed by atoms with E-state index in [1.165, 1.54) is 4.68 Å². The van der Waals surface area contributed by atoms with Gasteiger partial charge < -0.3 is 9.52 Å². The molecule has 3 aromatic heterocycles. The van der Waals surface area contributed by atoms with Crippen LogP contribution in [0, 0.1) is 0 Å². The summed E-state index contributed by atoms with van der Waals surface area (Å²) in [5.41, 5.74) is 1.02. The van der Waals surface area contributed by atoms with E-state index in [1.54, 1.807) is 42.9 Å². The maximum absolute atomic E-state index is 11.3. The Balaban J connectivity index is 2.09. The molecule has 3 heterocycles. The third kappa shape index (κ3) is 2.16. The zero-order valence-electron chi connectivity index (χ0n) is 10.3. The fourth-order valence-corrected chi connectivity index (χ4v) is 1.91. The zero-order chi connectivity index (χ0) is 13.9. The van der Waals surface area contributed by atoms with Crippen molar-refractivity contribution < 1.29 is 14.3 Å². The van der Waals surface area contributed by atoms with Crippen LogP contribution in [0.25, 0.3) is 11.3 Å². The van der Waals surface area contributed by atoms with E-state index >= 15 is 0 Å². The maximum atomic E-state index is 11.3. The Kier molecular flexibility index (Phi) is 3.00. The molecule has 0 aliphatic carbocycles. The first-order chi connectivity index (χ1) is 9.75. The number of pyridine rings is 1. The molecule has 100 valence electrons. The minimum Gasteiger partial charge on any atom is -0.476 e. The summed E-state index contributed by atoms with van der Waals surface area (Å²) in [5.74, 6) is -0.454. The lowest BCUT2D eigenvalue weighted by atomic mass is 10.1. The highest BCUT2D eigenvalue weighted by Crippen LogP contribution is 2.22. The van der Waals surface area contributed by atoms with E-state index in [9.17, 15) is 9.90 Å². The summed E-state index contributed by atoms with van der Waals surface area (Å²) in [7, 11) is 0. The highest BCUT2D eigenvalue weighted by Gasteiger charge is 2.20. The Labute approximate surface area is 113 Å². The molecule has 1 N–H and O–H groups in total. The molecule has 3 aromatic rings. The lowest BCUT2D eigenvalue weighted by molar-refractivity contribution is 0.0691. The Morgan fingerprint density at radius 1 is 1.30 bits per heavy atom. The summed E-state index contributed by atoms with van der Waals surface area (Å²) in [6, 6.07) is 6.97. The first-order valence-corrected chi connectivity index (χ1v) is 5.85. The number of rotatable bonds is 4. The highest BCUT2D eigenvalue weighted by atomic mass is 16.4. The van der Waals surface area contributed by atoms with Gasteiger partial charge in [-0.25, -0.2) is 9.48 Å². The number of nitrogens with zero attached hydrogens (tertiary/aromatic N) is 4. The fraction of sp³-hybridized carbons (Fsp3) is 0.0769. The van der Waals surface area contributed by atoms with Gasteiger partial charge in [0.2, 0.25) is 0 Å². The van der Waals surface area contributed by atoms with Crippen molar-refractivity contribution in [2.24, 2.45) is 0 Å². The van der Waals surface area contributed by atoms with Crippen LogP contribution in [0.15, 0.2) is 47.3 Å². The van der Waals surface area contributed by atoms with Gasteiger partial charge in [-0.1, -0.05) is 5.21 Å². The number of aromatic nitrogens is 4. The molecule has 0 saturated heterocycles. The van der Waals surface area contributed by atoms with Gasteiger partial charge in [0.05, 0.1) is 6.26 Å². The second-order valence-electron chi connectivity index (χ2n) is 4.06. The van der Waals surface area contributed by atoms with Crippen molar-refractivity contribution in [1.29, 1.82) is 0 Å². The molecule has 0 saturated carbocycles. The van der Waals surface area contributed by atoms with Crippen molar-refractivity contribution in [1.82, 2.24) is 20.0 Å². The molecule has 20 heavy (non-hydrogen) atoms. The molecule has 0 aromatic carbocycles. The summed E-state index contributed by atoms with van der Waals surface area (Å²) in [6.45, 7) is 0.310. The van der Waals surface area contributed by atoms with Gasteiger partial charge in [0.1, 0.15) is 18.0 Å². The Morgan fingerprint density at radius 2 is 2.10 bits per heavy atom. The van der Waals surface area contributed by atoms with Crippen molar-refractivity contribution >= 4 is 5.97 Å². The second-order valence-corrected chi connectivity index (χ2v) is 4.06. The van der Waals surface area contributed by atoms with Crippen LogP contribution in [0.4, 0.5) is 0 Å². The van der Waals surface area contributed by atoms with E-state index in [0.717, 1.165) is 0 Å². The number of hydrogen-bond acceptors (Lipinski definition) is 5. The lowest BCUT2D eigenvalue weighted by Crippen LogP contribution is -2.05. The van der Waals surface area contributed by atoms with Crippen LogP contribution >= 0.6 is 0 Å². The number of aromatic carboxylic acids is 1. The predicted octanol–water partition coefficient (Wildman–Crippen LogP) is 1.68. The lowest BCUT2D eigenvalue weighted by Gasteiger charge is -2.05. The highest BCUT2D eigenvalue weighted by molar-refractivity contribution is 5.92. The maximum Gasteiger partial charge on any atom is 0.358 e. The van der Waals surface area contributed by atoms with E-state index in [1.807, 2.05) is 0 Å². The Bertz CT molecular complexity index is 719. The van der Waals surface area contributed by atoms with Gasteiger partial charge >= 0.3 is 5.97 Å². The monoisotopic (exact) mass is 270 g/mol. The molecule has 0 radical (unpaired) electrons. The van der Waals surface area contributed by atoms with E-state index < -0.39 is 5.97 Å². The number of carbonyl (C=O) groups is 1. The SMILES string of the molecule is O=C(O)c1nnn(Cc2ccco2)c1-c1ccncc1. The molecule has 0 spiro atoms. The topological polar surface area (TPSA) is 94.0 Å². The molecule has 7 nitrogen and oxygen atoms in total. The second kappa shape index (κ2) is 4.96. The van der Waals surface area contributed by atoms with Crippen LogP contribution in [0.1, 0.15) is 16.2 Å². The van der Waals surface area contributed by atoms with Crippen LogP contribution < -0.4 is 0 Å². The molecule has 0 aliphatic heterocycles. The third-order valence-corrected chi connectivity index (χ3v) is 2.78. The fourth-order valence-electron chi connectivity index (χ4n) is 1.91. The molecular formula is C13H10N4O3. The van der Waals surface area contributed by atoms with Crippen molar-refractivity contribution in [3.8, 4) is 11.3 Å². The summed E-state index contributed by atoms with van der Waals surface area (Å²) >= 11 is 0. The van der Waals surface area contributed by atoms with Gasteiger partial charge in [0, 0.05) is 18.0 Å². The van der Waals surface area contributed by atoms with Crippen molar-refractivity contribution in [3.63, 3.8) is 0 Å². The zero-order valence-corrected chi connectivity index (χ0v) is 10.3. The molecule has 0 amide bonds. The van der Waals surface area contributed by atoms with Crippen LogP contribution in [0.2, 0.25) is 0 Å². The molecule has 3 rings (SSSR count). The van der Waals surface area contributed by atoms with E-state index in [2.05, 4.69) is 15.3 Å². The molecule has 0 bridgehead atoms. The molecular weight excluding hydrogens is 260 g/mol. The van der Waals surface area contributed by atoms with Crippen LogP contribution in [-0.2, 0) is 6.54 Å². The molecule has 0 atom stereocenters. The van der Waals surface area contributed by atoms with Crippen molar-refractivity contribution in [2.45, 2.75) is 6.54 Å². The average molecular weight is 270 g/mol. The minimum atomic E-state index is -1.12. The van der Waals surface area contributed by atoms with Gasteiger partial charge in [-0.3, -0.25) is 4.98 Å². The quantitative estimate of drug-likeness (QED) is 0.775. The Morgan fingerprint density at radius 3 is 2.75 bits per heavy atom. The third-order valence-electron chi connectivity index (χ3n) is 2.78. The van der Waals surface area contributed by atoms with Crippen LogP contribution in [0.3, 0.4) is 0 Å². The molecule has 0 unspecified atom stereocenters. The largest absolute Gasteiger partial charge is 0.476 e. The summed E-state index contributed by atoms with van der Waals surface area (Å²) in [5, 5.41) is 16.8.